The van der Waals surface area contributed by atoms with Crippen LogP contribution < -0.4 is 10.1 Å². The van der Waals surface area contributed by atoms with E-state index in [0.717, 1.165) is 11.1 Å². The number of aromatic nitrogens is 1. The largest absolute Gasteiger partial charge is 0.495 e. The molecule has 7 heteroatoms. The van der Waals surface area contributed by atoms with Gasteiger partial charge in [-0.15, -0.1) is 0 Å². The zero-order chi connectivity index (χ0) is 18.5. The van der Waals surface area contributed by atoms with Crippen LogP contribution in [-0.4, -0.2) is 23.8 Å². The molecule has 26 heavy (non-hydrogen) atoms. The van der Waals surface area contributed by atoms with Crippen LogP contribution in [0.25, 0.3) is 11.3 Å². The molecule has 134 valence electrons. The first-order valence-electron chi connectivity index (χ1n) is 7.84. The Hall–Kier alpha value is -2.44. The summed E-state index contributed by atoms with van der Waals surface area (Å²) in [6.45, 7) is 1.95. The number of ether oxygens (including phenoxy) is 1. The standard InChI is InChI=1S/C19H17ClN2O3S/c1-12-3-8-16(24-2)15(9-12)22-18(23)11-26-19-21-10-17(25-19)13-4-6-14(20)7-5-13/h3-10H,11H2,1-2H3,(H,22,23). The summed E-state index contributed by atoms with van der Waals surface area (Å²) >= 11 is 7.11. The van der Waals surface area contributed by atoms with E-state index in [1.165, 1.54) is 11.8 Å². The van der Waals surface area contributed by atoms with E-state index in [-0.39, 0.29) is 11.7 Å². The fourth-order valence-electron chi connectivity index (χ4n) is 2.31. The van der Waals surface area contributed by atoms with Crippen molar-refractivity contribution in [1.29, 1.82) is 0 Å². The average molecular weight is 389 g/mol. The number of methoxy groups -OCH3 is 1. The van der Waals surface area contributed by atoms with E-state index in [1.807, 2.05) is 37.3 Å². The number of hydrogen-bond acceptors (Lipinski definition) is 5. The van der Waals surface area contributed by atoms with Crippen LogP contribution in [-0.2, 0) is 4.79 Å². The van der Waals surface area contributed by atoms with Crippen molar-refractivity contribution in [2.75, 3.05) is 18.2 Å². The Kier molecular flexibility index (Phi) is 5.85. The number of rotatable bonds is 6. The lowest BCUT2D eigenvalue weighted by atomic mass is 10.2. The Morgan fingerprint density at radius 1 is 1.27 bits per heavy atom. The minimum Gasteiger partial charge on any atom is -0.495 e. The van der Waals surface area contributed by atoms with Gasteiger partial charge in [0.05, 0.1) is 24.7 Å². The average Bonchev–Trinajstić information content (AvgIpc) is 3.10. The van der Waals surface area contributed by atoms with E-state index < -0.39 is 0 Å². The third-order valence-electron chi connectivity index (χ3n) is 3.57. The molecular weight excluding hydrogens is 372 g/mol. The molecule has 0 unspecified atom stereocenters. The third-order valence-corrected chi connectivity index (χ3v) is 4.66. The van der Waals surface area contributed by atoms with Crippen LogP contribution >= 0.6 is 23.4 Å². The molecule has 0 saturated heterocycles. The van der Waals surface area contributed by atoms with E-state index >= 15 is 0 Å². The summed E-state index contributed by atoms with van der Waals surface area (Å²) in [5, 5.41) is 3.94. The van der Waals surface area contributed by atoms with Crippen molar-refractivity contribution in [2.24, 2.45) is 0 Å². The Morgan fingerprint density at radius 2 is 2.04 bits per heavy atom. The fourth-order valence-corrected chi connectivity index (χ4v) is 3.03. The van der Waals surface area contributed by atoms with Gasteiger partial charge in [-0.2, -0.15) is 0 Å². The van der Waals surface area contributed by atoms with Crippen molar-refractivity contribution in [3.05, 3.63) is 59.2 Å². The summed E-state index contributed by atoms with van der Waals surface area (Å²) in [5.74, 6) is 1.27. The van der Waals surface area contributed by atoms with Crippen molar-refractivity contribution in [1.82, 2.24) is 4.98 Å². The molecule has 3 rings (SSSR count). The van der Waals surface area contributed by atoms with Crippen molar-refractivity contribution in [3.63, 3.8) is 0 Å². The number of anilines is 1. The molecule has 5 nitrogen and oxygen atoms in total. The van der Waals surface area contributed by atoms with E-state index in [9.17, 15) is 4.79 Å². The number of nitrogens with one attached hydrogen (secondary N) is 1. The van der Waals surface area contributed by atoms with Crippen LogP contribution in [0, 0.1) is 6.92 Å². The fraction of sp³-hybridized carbons (Fsp3) is 0.158. The Morgan fingerprint density at radius 3 is 2.77 bits per heavy atom. The molecular formula is C19H17ClN2O3S. The summed E-state index contributed by atoms with van der Waals surface area (Å²) in [5.41, 5.74) is 2.56. The van der Waals surface area contributed by atoms with Crippen LogP contribution in [0.2, 0.25) is 5.02 Å². The monoisotopic (exact) mass is 388 g/mol. The zero-order valence-corrected chi connectivity index (χ0v) is 15.9. The van der Waals surface area contributed by atoms with Gasteiger partial charge >= 0.3 is 0 Å². The van der Waals surface area contributed by atoms with Gasteiger partial charge in [-0.1, -0.05) is 29.4 Å². The Balaban J connectivity index is 1.60. The minimum absolute atomic E-state index is 0.162. The maximum atomic E-state index is 12.2. The number of thioether (sulfide) groups is 1. The predicted molar refractivity (Wildman–Crippen MR) is 104 cm³/mol. The molecule has 0 atom stereocenters. The highest BCUT2D eigenvalue weighted by Crippen LogP contribution is 2.28. The maximum Gasteiger partial charge on any atom is 0.256 e. The zero-order valence-electron chi connectivity index (χ0n) is 14.3. The lowest BCUT2D eigenvalue weighted by Gasteiger charge is -2.10. The molecule has 0 saturated carbocycles. The molecule has 1 amide bonds. The summed E-state index contributed by atoms with van der Waals surface area (Å²) in [7, 11) is 1.57. The smallest absolute Gasteiger partial charge is 0.256 e. The highest BCUT2D eigenvalue weighted by Gasteiger charge is 2.12. The first kappa shape index (κ1) is 18.4. The summed E-state index contributed by atoms with van der Waals surface area (Å²) in [6.07, 6.45) is 1.63. The number of carbonyl (C=O) groups excluding carboxylic acids is 1. The first-order valence-corrected chi connectivity index (χ1v) is 9.20. The summed E-state index contributed by atoms with van der Waals surface area (Å²) in [6, 6.07) is 12.9. The van der Waals surface area contributed by atoms with Crippen LogP contribution in [0.5, 0.6) is 5.75 Å². The van der Waals surface area contributed by atoms with E-state index in [1.54, 1.807) is 25.4 Å². The lowest BCUT2D eigenvalue weighted by Crippen LogP contribution is -2.14. The second kappa shape index (κ2) is 8.29. The molecule has 0 fully saturated rings. The van der Waals surface area contributed by atoms with Crippen LogP contribution in [0.3, 0.4) is 0 Å². The normalized spacial score (nSPS) is 10.6. The maximum absolute atomic E-state index is 12.2. The quantitative estimate of drug-likeness (QED) is 0.599. The van der Waals surface area contributed by atoms with Gasteiger partial charge in [0.25, 0.3) is 5.22 Å². The number of benzene rings is 2. The summed E-state index contributed by atoms with van der Waals surface area (Å²) in [4.78, 5) is 16.4. The molecule has 0 aliphatic heterocycles. The van der Waals surface area contributed by atoms with Gasteiger partial charge in [-0.05, 0) is 48.9 Å². The van der Waals surface area contributed by atoms with Gasteiger partial charge in [-0.25, -0.2) is 4.98 Å². The van der Waals surface area contributed by atoms with Gasteiger partial charge in [0, 0.05) is 10.6 Å². The number of carbonyl (C=O) groups is 1. The van der Waals surface area contributed by atoms with Crippen molar-refractivity contribution in [3.8, 4) is 17.1 Å². The number of aryl methyl sites for hydroxylation is 1. The minimum atomic E-state index is -0.162. The van der Waals surface area contributed by atoms with Crippen LogP contribution in [0.1, 0.15) is 5.56 Å². The first-order chi connectivity index (χ1) is 12.5. The van der Waals surface area contributed by atoms with Gasteiger partial charge in [0.15, 0.2) is 5.76 Å². The topological polar surface area (TPSA) is 64.4 Å². The molecule has 1 heterocycles. The highest BCUT2D eigenvalue weighted by molar-refractivity contribution is 7.99. The van der Waals surface area contributed by atoms with Gasteiger partial charge in [0.1, 0.15) is 5.75 Å². The second-order valence-corrected chi connectivity index (χ2v) is 6.90. The number of oxazole rings is 1. The van der Waals surface area contributed by atoms with Gasteiger partial charge < -0.3 is 14.5 Å². The molecule has 0 bridgehead atoms. The van der Waals surface area contributed by atoms with Gasteiger partial charge in [-0.3, -0.25) is 4.79 Å². The van der Waals surface area contributed by atoms with E-state index in [0.29, 0.717) is 27.4 Å². The SMILES string of the molecule is COc1ccc(C)cc1NC(=O)CSc1ncc(-c2ccc(Cl)cc2)o1. The highest BCUT2D eigenvalue weighted by atomic mass is 35.5. The molecule has 1 aromatic heterocycles. The number of amides is 1. The summed E-state index contributed by atoms with van der Waals surface area (Å²) < 4.78 is 10.9. The Labute approximate surface area is 160 Å². The molecule has 2 aromatic carbocycles. The van der Waals surface area contributed by atoms with Gasteiger partial charge in [0.2, 0.25) is 5.91 Å². The van der Waals surface area contributed by atoms with Crippen LogP contribution in [0.15, 0.2) is 58.3 Å². The predicted octanol–water partition coefficient (Wildman–Crippen LogP) is 5.04. The second-order valence-electron chi connectivity index (χ2n) is 5.54. The van der Waals surface area contributed by atoms with Crippen molar-refractivity contribution >= 4 is 35.0 Å². The molecule has 0 aliphatic rings. The molecule has 0 radical (unpaired) electrons. The van der Waals surface area contributed by atoms with E-state index in [2.05, 4.69) is 10.3 Å². The molecule has 0 aliphatic carbocycles. The molecule has 0 spiro atoms. The number of halogens is 1. The van der Waals surface area contributed by atoms with Crippen LogP contribution in [0.4, 0.5) is 5.69 Å². The lowest BCUT2D eigenvalue weighted by molar-refractivity contribution is -0.113. The third kappa shape index (κ3) is 4.59. The number of nitrogens with zero attached hydrogens (tertiary/aromatic N) is 1. The number of hydrogen-bond donors (Lipinski definition) is 1. The van der Waals surface area contributed by atoms with Crippen molar-refractivity contribution < 1.29 is 13.9 Å². The van der Waals surface area contributed by atoms with Crippen molar-refractivity contribution in [2.45, 2.75) is 12.1 Å². The molecule has 3 aromatic rings. The Bertz CT molecular complexity index is 909. The van der Waals surface area contributed by atoms with E-state index in [4.69, 9.17) is 20.8 Å². The molecule has 1 N–H and O–H groups in total.